The standard InChI is InChI=1S/C11H10BrN3O2/c12-11-10(7-3-1-2-6-13-7)14-8(15-11)4-5-9(16)17/h1-3,6H,4-5H2,(H,14,15)(H,16,17). The molecule has 5 nitrogen and oxygen atoms in total. The zero-order chi connectivity index (χ0) is 12.3. The number of aromatic amines is 1. The average molecular weight is 296 g/mol. The third-order valence-electron chi connectivity index (χ3n) is 2.19. The molecule has 0 spiro atoms. The highest BCUT2D eigenvalue weighted by molar-refractivity contribution is 9.10. The van der Waals surface area contributed by atoms with E-state index in [0.29, 0.717) is 17.9 Å². The predicted octanol–water partition coefficient (Wildman–Crippen LogP) is 2.25. The first-order valence-electron chi connectivity index (χ1n) is 5.04. The van der Waals surface area contributed by atoms with E-state index >= 15 is 0 Å². The van der Waals surface area contributed by atoms with Crippen molar-refractivity contribution in [1.29, 1.82) is 0 Å². The number of carboxylic acids is 1. The topological polar surface area (TPSA) is 78.9 Å². The van der Waals surface area contributed by atoms with Gasteiger partial charge in [0.25, 0.3) is 0 Å². The lowest BCUT2D eigenvalue weighted by molar-refractivity contribution is -0.137. The largest absolute Gasteiger partial charge is 0.481 e. The van der Waals surface area contributed by atoms with Gasteiger partial charge in [-0.15, -0.1) is 0 Å². The molecular weight excluding hydrogens is 286 g/mol. The van der Waals surface area contributed by atoms with Crippen LogP contribution in [0.25, 0.3) is 11.4 Å². The van der Waals surface area contributed by atoms with Crippen LogP contribution in [0.5, 0.6) is 0 Å². The van der Waals surface area contributed by atoms with Crippen molar-refractivity contribution in [3.05, 3.63) is 34.8 Å². The van der Waals surface area contributed by atoms with E-state index in [1.54, 1.807) is 6.20 Å². The van der Waals surface area contributed by atoms with Crippen LogP contribution in [0.3, 0.4) is 0 Å². The van der Waals surface area contributed by atoms with Gasteiger partial charge in [-0.2, -0.15) is 0 Å². The van der Waals surface area contributed by atoms with E-state index in [1.807, 2.05) is 18.2 Å². The normalized spacial score (nSPS) is 10.4. The van der Waals surface area contributed by atoms with Crippen molar-refractivity contribution in [2.45, 2.75) is 12.8 Å². The number of carboxylic acid groups (broad SMARTS) is 1. The molecule has 0 bridgehead atoms. The maximum atomic E-state index is 10.5. The van der Waals surface area contributed by atoms with E-state index in [9.17, 15) is 4.79 Å². The third-order valence-corrected chi connectivity index (χ3v) is 2.77. The number of nitrogens with one attached hydrogen (secondary N) is 1. The number of H-pyrrole nitrogens is 1. The third kappa shape index (κ3) is 2.91. The van der Waals surface area contributed by atoms with Crippen molar-refractivity contribution in [2.75, 3.05) is 0 Å². The molecule has 2 aromatic heterocycles. The Balaban J connectivity index is 2.22. The van der Waals surface area contributed by atoms with Crippen molar-refractivity contribution in [3.8, 4) is 11.4 Å². The van der Waals surface area contributed by atoms with Gasteiger partial charge in [0.1, 0.15) is 16.1 Å². The van der Waals surface area contributed by atoms with Gasteiger partial charge in [-0.25, -0.2) is 4.98 Å². The van der Waals surface area contributed by atoms with Crippen molar-refractivity contribution in [3.63, 3.8) is 0 Å². The number of pyridine rings is 1. The number of imidazole rings is 1. The number of halogens is 1. The van der Waals surface area contributed by atoms with E-state index in [-0.39, 0.29) is 6.42 Å². The minimum absolute atomic E-state index is 0.0572. The fourth-order valence-electron chi connectivity index (χ4n) is 1.41. The number of rotatable bonds is 4. The highest BCUT2D eigenvalue weighted by Gasteiger charge is 2.11. The molecule has 0 unspecified atom stereocenters. The van der Waals surface area contributed by atoms with Crippen molar-refractivity contribution >= 4 is 21.9 Å². The van der Waals surface area contributed by atoms with Crippen LogP contribution in [0.4, 0.5) is 0 Å². The SMILES string of the molecule is O=C(O)CCc1nc(-c2ccccn2)c(Br)[nH]1. The Hall–Kier alpha value is -1.69. The summed E-state index contributed by atoms with van der Waals surface area (Å²) in [7, 11) is 0. The maximum Gasteiger partial charge on any atom is 0.303 e. The number of hydrogen-bond acceptors (Lipinski definition) is 3. The van der Waals surface area contributed by atoms with Gasteiger partial charge in [0.05, 0.1) is 12.1 Å². The molecule has 0 amide bonds. The van der Waals surface area contributed by atoms with Crippen molar-refractivity contribution < 1.29 is 9.90 Å². The lowest BCUT2D eigenvalue weighted by Crippen LogP contribution is -1.98. The number of aliphatic carboxylic acids is 1. The average Bonchev–Trinajstić information content (AvgIpc) is 2.69. The molecule has 2 aromatic rings. The summed E-state index contributed by atoms with van der Waals surface area (Å²) in [6.07, 6.45) is 2.12. The van der Waals surface area contributed by atoms with Crippen LogP contribution in [0.1, 0.15) is 12.2 Å². The summed E-state index contributed by atoms with van der Waals surface area (Å²) in [5.41, 5.74) is 1.45. The first kappa shape index (κ1) is 11.8. The smallest absolute Gasteiger partial charge is 0.303 e. The molecule has 0 atom stereocenters. The molecule has 0 fully saturated rings. The highest BCUT2D eigenvalue weighted by atomic mass is 79.9. The molecular formula is C11H10BrN3O2. The van der Waals surface area contributed by atoms with Gasteiger partial charge in [-0.05, 0) is 28.1 Å². The lowest BCUT2D eigenvalue weighted by Gasteiger charge is -1.94. The molecule has 0 saturated carbocycles. The highest BCUT2D eigenvalue weighted by Crippen LogP contribution is 2.24. The molecule has 0 aromatic carbocycles. The molecule has 6 heteroatoms. The summed E-state index contributed by atoms with van der Waals surface area (Å²) in [5, 5.41) is 8.60. The van der Waals surface area contributed by atoms with E-state index in [0.717, 1.165) is 10.3 Å². The zero-order valence-corrected chi connectivity index (χ0v) is 10.4. The van der Waals surface area contributed by atoms with E-state index in [2.05, 4.69) is 30.9 Å². The number of aromatic nitrogens is 3. The summed E-state index contributed by atoms with van der Waals surface area (Å²) in [5.74, 6) is -0.197. The van der Waals surface area contributed by atoms with Gasteiger partial charge in [-0.3, -0.25) is 9.78 Å². The molecule has 0 aliphatic rings. The van der Waals surface area contributed by atoms with Gasteiger partial charge in [0, 0.05) is 12.6 Å². The lowest BCUT2D eigenvalue weighted by atomic mass is 10.3. The van der Waals surface area contributed by atoms with Crippen LogP contribution in [0, 0.1) is 0 Å². The van der Waals surface area contributed by atoms with Crippen molar-refractivity contribution in [2.24, 2.45) is 0 Å². The number of aryl methyl sites for hydroxylation is 1. The number of hydrogen-bond donors (Lipinski definition) is 2. The zero-order valence-electron chi connectivity index (χ0n) is 8.85. The Labute approximate surface area is 106 Å². The Morgan fingerprint density at radius 1 is 1.47 bits per heavy atom. The second-order valence-electron chi connectivity index (χ2n) is 3.45. The Morgan fingerprint density at radius 2 is 2.29 bits per heavy atom. The minimum atomic E-state index is -0.836. The van der Waals surface area contributed by atoms with Gasteiger partial charge in [-0.1, -0.05) is 6.07 Å². The molecule has 17 heavy (non-hydrogen) atoms. The van der Waals surface area contributed by atoms with Crippen molar-refractivity contribution in [1.82, 2.24) is 15.0 Å². The fourth-order valence-corrected chi connectivity index (χ4v) is 1.93. The minimum Gasteiger partial charge on any atom is -0.481 e. The van der Waals surface area contributed by atoms with Crippen LogP contribution in [-0.2, 0) is 11.2 Å². The van der Waals surface area contributed by atoms with E-state index in [4.69, 9.17) is 5.11 Å². The second kappa shape index (κ2) is 5.09. The Kier molecular flexibility index (Phi) is 3.53. The predicted molar refractivity (Wildman–Crippen MR) is 65.5 cm³/mol. The van der Waals surface area contributed by atoms with Gasteiger partial charge < -0.3 is 10.1 Å². The summed E-state index contributed by atoms with van der Waals surface area (Å²) in [6, 6.07) is 5.55. The molecule has 2 heterocycles. The molecule has 0 radical (unpaired) electrons. The summed E-state index contributed by atoms with van der Waals surface area (Å²) < 4.78 is 0.719. The monoisotopic (exact) mass is 295 g/mol. The number of nitrogens with zero attached hydrogens (tertiary/aromatic N) is 2. The summed E-state index contributed by atoms with van der Waals surface area (Å²) >= 11 is 3.36. The molecule has 2 rings (SSSR count). The molecule has 88 valence electrons. The first-order chi connectivity index (χ1) is 8.16. The molecule has 2 N–H and O–H groups in total. The van der Waals surface area contributed by atoms with Crippen LogP contribution in [-0.4, -0.2) is 26.0 Å². The summed E-state index contributed by atoms with van der Waals surface area (Å²) in [6.45, 7) is 0. The Bertz CT molecular complexity index is 525. The van der Waals surface area contributed by atoms with Crippen LogP contribution >= 0.6 is 15.9 Å². The Morgan fingerprint density at radius 3 is 2.94 bits per heavy atom. The second-order valence-corrected chi connectivity index (χ2v) is 4.25. The quantitative estimate of drug-likeness (QED) is 0.907. The molecule has 0 aliphatic heterocycles. The molecule has 0 aliphatic carbocycles. The summed E-state index contributed by atoms with van der Waals surface area (Å²) in [4.78, 5) is 22.0. The van der Waals surface area contributed by atoms with Gasteiger partial charge >= 0.3 is 5.97 Å². The fraction of sp³-hybridized carbons (Fsp3) is 0.182. The maximum absolute atomic E-state index is 10.5. The number of carbonyl (C=O) groups is 1. The van der Waals surface area contributed by atoms with Crippen LogP contribution < -0.4 is 0 Å². The van der Waals surface area contributed by atoms with Gasteiger partial charge in [0.2, 0.25) is 0 Å². The van der Waals surface area contributed by atoms with Crippen LogP contribution in [0.2, 0.25) is 0 Å². The van der Waals surface area contributed by atoms with E-state index < -0.39 is 5.97 Å². The van der Waals surface area contributed by atoms with E-state index in [1.165, 1.54) is 0 Å². The first-order valence-corrected chi connectivity index (χ1v) is 5.83. The molecule has 0 saturated heterocycles. The van der Waals surface area contributed by atoms with Crippen LogP contribution in [0.15, 0.2) is 29.0 Å². The van der Waals surface area contributed by atoms with Gasteiger partial charge in [0.15, 0.2) is 0 Å².